The van der Waals surface area contributed by atoms with Crippen LogP contribution in [0.5, 0.6) is 0 Å². The van der Waals surface area contributed by atoms with Gasteiger partial charge in [-0.1, -0.05) is 54.6 Å². The lowest BCUT2D eigenvalue weighted by Crippen LogP contribution is -1.92. The number of benzene rings is 5. The van der Waals surface area contributed by atoms with E-state index in [1.165, 1.54) is 0 Å². The summed E-state index contributed by atoms with van der Waals surface area (Å²) in [5.41, 5.74) is 10.3. The molecule has 5 nitrogen and oxygen atoms in total. The molecule has 0 fully saturated rings. The molecule has 47 heavy (non-hydrogen) atoms. The standard InChI is InChI=1S/C42H24N4O/c43-25-26-4-3-5-29(20-26)30-8-10-33-34-11-9-31(22-37(34)42-41(36(33)21-30)35-6-1-2-7-40(35)47-42)32-23-38(27-12-16-44-17-13-27)46-39(24-32)28-14-18-45-19-15-28/h1-24H. The SMILES string of the molecule is N#Cc1cccc(-c2ccc3c4ccc(-c5cc(-c6ccncc6)nc(-c6ccncc6)c5)cc4c4oc5ccccc5c4c3c2)c1. The molecule has 5 heteroatoms. The van der Waals surface area contributed by atoms with E-state index in [4.69, 9.17) is 9.40 Å². The van der Waals surface area contributed by atoms with E-state index in [0.29, 0.717) is 5.56 Å². The van der Waals surface area contributed by atoms with E-state index in [1.807, 2.05) is 54.6 Å². The summed E-state index contributed by atoms with van der Waals surface area (Å²) in [4.78, 5) is 13.5. The molecule has 0 amide bonds. The molecule has 0 aliphatic carbocycles. The van der Waals surface area contributed by atoms with Crippen molar-refractivity contribution in [1.82, 2.24) is 15.0 Å². The molecule has 0 saturated heterocycles. The zero-order valence-electron chi connectivity index (χ0n) is 25.1. The third kappa shape index (κ3) is 4.51. The van der Waals surface area contributed by atoms with Crippen molar-refractivity contribution in [3.63, 3.8) is 0 Å². The lowest BCUT2D eigenvalue weighted by molar-refractivity contribution is 0.673. The van der Waals surface area contributed by atoms with E-state index < -0.39 is 0 Å². The second-order valence-electron chi connectivity index (χ2n) is 11.6. The van der Waals surface area contributed by atoms with Gasteiger partial charge in [0, 0.05) is 52.1 Å². The van der Waals surface area contributed by atoms with Crippen LogP contribution in [0.4, 0.5) is 0 Å². The van der Waals surface area contributed by atoms with Crippen LogP contribution in [0.2, 0.25) is 0 Å². The van der Waals surface area contributed by atoms with Gasteiger partial charge in [0.25, 0.3) is 0 Å². The Hall–Kier alpha value is -6.64. The summed E-state index contributed by atoms with van der Waals surface area (Å²) in [6, 6.07) is 43.7. The maximum Gasteiger partial charge on any atom is 0.143 e. The summed E-state index contributed by atoms with van der Waals surface area (Å²) in [5.74, 6) is 0. The van der Waals surface area contributed by atoms with E-state index in [1.54, 1.807) is 24.8 Å². The Bertz CT molecular complexity index is 2630. The van der Waals surface area contributed by atoms with Crippen molar-refractivity contribution in [2.75, 3.05) is 0 Å². The Balaban J connectivity index is 1.31. The molecule has 0 aliphatic rings. The molecule has 0 unspecified atom stereocenters. The highest BCUT2D eigenvalue weighted by Gasteiger charge is 2.18. The van der Waals surface area contributed by atoms with Crippen molar-refractivity contribution in [1.29, 1.82) is 5.26 Å². The molecular formula is C42H24N4O. The van der Waals surface area contributed by atoms with Crippen LogP contribution < -0.4 is 0 Å². The van der Waals surface area contributed by atoms with Crippen molar-refractivity contribution < 1.29 is 4.42 Å². The van der Waals surface area contributed by atoms with Crippen LogP contribution in [0.1, 0.15) is 5.56 Å². The summed E-state index contributed by atoms with van der Waals surface area (Å²) in [5, 5.41) is 16.1. The molecule has 0 saturated carbocycles. The number of nitriles is 1. The van der Waals surface area contributed by atoms with Gasteiger partial charge in [-0.05, 0) is 105 Å². The molecule has 0 aliphatic heterocycles. The molecule has 5 aromatic carbocycles. The van der Waals surface area contributed by atoms with Crippen LogP contribution in [0.25, 0.3) is 88.3 Å². The predicted octanol–water partition coefficient (Wildman–Crippen LogP) is 10.6. The first-order valence-electron chi connectivity index (χ1n) is 15.4. The molecule has 4 heterocycles. The molecule has 4 aromatic heterocycles. The number of para-hydroxylation sites is 1. The molecule has 218 valence electrons. The lowest BCUT2D eigenvalue weighted by Gasteiger charge is -2.13. The van der Waals surface area contributed by atoms with Crippen LogP contribution in [0.3, 0.4) is 0 Å². The molecule has 0 N–H and O–H groups in total. The van der Waals surface area contributed by atoms with Crippen LogP contribution in [0, 0.1) is 11.3 Å². The van der Waals surface area contributed by atoms with Crippen molar-refractivity contribution in [2.45, 2.75) is 0 Å². The molecule has 0 atom stereocenters. The predicted molar refractivity (Wildman–Crippen MR) is 189 cm³/mol. The quantitative estimate of drug-likeness (QED) is 0.188. The number of nitrogens with zero attached hydrogens (tertiary/aromatic N) is 4. The van der Waals surface area contributed by atoms with Gasteiger partial charge < -0.3 is 4.42 Å². The van der Waals surface area contributed by atoms with Crippen LogP contribution >= 0.6 is 0 Å². The maximum atomic E-state index is 9.51. The van der Waals surface area contributed by atoms with Crippen molar-refractivity contribution in [2.24, 2.45) is 0 Å². The minimum absolute atomic E-state index is 0.642. The maximum absolute atomic E-state index is 9.51. The number of hydrogen-bond donors (Lipinski definition) is 0. The molecule has 0 bridgehead atoms. The fourth-order valence-corrected chi connectivity index (χ4v) is 6.62. The second kappa shape index (κ2) is 10.8. The third-order valence-electron chi connectivity index (χ3n) is 8.87. The van der Waals surface area contributed by atoms with Gasteiger partial charge in [0.2, 0.25) is 0 Å². The third-order valence-corrected chi connectivity index (χ3v) is 8.87. The number of hydrogen-bond acceptors (Lipinski definition) is 5. The van der Waals surface area contributed by atoms with E-state index in [0.717, 1.165) is 88.3 Å². The van der Waals surface area contributed by atoms with E-state index in [-0.39, 0.29) is 0 Å². The summed E-state index contributed by atoms with van der Waals surface area (Å²) in [7, 11) is 0. The van der Waals surface area contributed by atoms with Crippen LogP contribution in [-0.2, 0) is 0 Å². The smallest absolute Gasteiger partial charge is 0.143 e. The molecule has 0 radical (unpaired) electrons. The summed E-state index contributed by atoms with van der Waals surface area (Å²) in [6.45, 7) is 0. The Kier molecular flexibility index (Phi) is 6.12. The average Bonchev–Trinajstić information content (AvgIpc) is 3.55. The molecule has 9 rings (SSSR count). The van der Waals surface area contributed by atoms with Gasteiger partial charge in [0.1, 0.15) is 11.2 Å². The fraction of sp³-hybridized carbons (Fsp3) is 0. The Morgan fingerprint density at radius 1 is 0.468 bits per heavy atom. The Labute approximate surface area is 270 Å². The summed E-state index contributed by atoms with van der Waals surface area (Å²) in [6.07, 6.45) is 7.17. The van der Waals surface area contributed by atoms with Crippen molar-refractivity contribution in [3.8, 4) is 50.8 Å². The minimum atomic E-state index is 0.642. The van der Waals surface area contributed by atoms with Gasteiger partial charge in [0.05, 0.1) is 23.0 Å². The summed E-state index contributed by atoms with van der Waals surface area (Å²) >= 11 is 0. The Morgan fingerprint density at radius 2 is 1.09 bits per heavy atom. The lowest BCUT2D eigenvalue weighted by atomic mass is 9.91. The first-order valence-corrected chi connectivity index (χ1v) is 15.4. The number of fused-ring (bicyclic) bond motifs is 8. The van der Waals surface area contributed by atoms with E-state index >= 15 is 0 Å². The fourth-order valence-electron chi connectivity index (χ4n) is 6.62. The Morgan fingerprint density at radius 3 is 1.79 bits per heavy atom. The zero-order chi connectivity index (χ0) is 31.3. The second-order valence-corrected chi connectivity index (χ2v) is 11.6. The number of pyridine rings is 3. The minimum Gasteiger partial charge on any atom is -0.455 e. The van der Waals surface area contributed by atoms with Gasteiger partial charge >= 0.3 is 0 Å². The van der Waals surface area contributed by atoms with E-state index in [2.05, 4.69) is 82.8 Å². The number of rotatable bonds is 4. The monoisotopic (exact) mass is 600 g/mol. The molecular weight excluding hydrogens is 576 g/mol. The van der Waals surface area contributed by atoms with Crippen molar-refractivity contribution >= 4 is 43.5 Å². The first-order chi connectivity index (χ1) is 23.2. The summed E-state index contributed by atoms with van der Waals surface area (Å²) < 4.78 is 6.66. The zero-order valence-corrected chi connectivity index (χ0v) is 25.1. The highest BCUT2D eigenvalue weighted by Crippen LogP contribution is 2.43. The largest absolute Gasteiger partial charge is 0.455 e. The molecule has 9 aromatic rings. The van der Waals surface area contributed by atoms with Crippen LogP contribution in [0.15, 0.2) is 151 Å². The normalized spacial score (nSPS) is 11.4. The topological polar surface area (TPSA) is 75.6 Å². The van der Waals surface area contributed by atoms with Gasteiger partial charge in [-0.25, -0.2) is 4.98 Å². The van der Waals surface area contributed by atoms with Gasteiger partial charge in [-0.15, -0.1) is 0 Å². The number of aromatic nitrogens is 3. The average molecular weight is 601 g/mol. The first kappa shape index (κ1) is 26.7. The van der Waals surface area contributed by atoms with Crippen LogP contribution in [-0.4, -0.2) is 15.0 Å². The van der Waals surface area contributed by atoms with Gasteiger partial charge in [-0.2, -0.15) is 5.26 Å². The van der Waals surface area contributed by atoms with Gasteiger partial charge in [0.15, 0.2) is 0 Å². The highest BCUT2D eigenvalue weighted by molar-refractivity contribution is 6.30. The van der Waals surface area contributed by atoms with Crippen molar-refractivity contribution in [3.05, 3.63) is 152 Å². The number of furan rings is 1. The van der Waals surface area contributed by atoms with E-state index in [9.17, 15) is 5.26 Å². The highest BCUT2D eigenvalue weighted by atomic mass is 16.3. The molecule has 0 spiro atoms. The van der Waals surface area contributed by atoms with Gasteiger partial charge in [-0.3, -0.25) is 9.97 Å².